The summed E-state index contributed by atoms with van der Waals surface area (Å²) in [6.07, 6.45) is 2.04. The molecule has 0 spiro atoms. The molecule has 0 unspecified atom stereocenters. The number of anilines is 1. The van der Waals surface area contributed by atoms with Crippen LogP contribution in [0.5, 0.6) is 0 Å². The van der Waals surface area contributed by atoms with Crippen molar-refractivity contribution in [2.75, 3.05) is 24.5 Å². The largest absolute Gasteiger partial charge is 0.367 e. The normalized spacial score (nSPS) is 16.8. The fraction of sp³-hybridized carbons (Fsp3) is 0.538. The average molecular weight is 294 g/mol. The molecular formula is C13H15F5N2. The van der Waals surface area contributed by atoms with Gasteiger partial charge in [0, 0.05) is 13.1 Å². The lowest BCUT2D eigenvalue weighted by molar-refractivity contribution is 0.359. The minimum atomic E-state index is -2.12. The molecule has 1 fully saturated rings. The van der Waals surface area contributed by atoms with Gasteiger partial charge in [-0.05, 0) is 31.7 Å². The molecule has 0 aromatic heterocycles. The Hall–Kier alpha value is -1.37. The molecule has 1 saturated heterocycles. The molecule has 0 bridgehead atoms. The average Bonchev–Trinajstić information content (AvgIpc) is 2.45. The molecule has 0 atom stereocenters. The maximum absolute atomic E-state index is 13.6. The van der Waals surface area contributed by atoms with E-state index >= 15 is 0 Å². The van der Waals surface area contributed by atoms with Crippen molar-refractivity contribution >= 4 is 5.69 Å². The summed E-state index contributed by atoms with van der Waals surface area (Å²) in [6.45, 7) is 1.03. The molecule has 2 N–H and O–H groups in total. The molecule has 2 rings (SSSR count). The van der Waals surface area contributed by atoms with Crippen LogP contribution in [0.2, 0.25) is 0 Å². The predicted octanol–water partition coefficient (Wildman–Crippen LogP) is 2.95. The van der Waals surface area contributed by atoms with E-state index in [0.717, 1.165) is 6.42 Å². The highest BCUT2D eigenvalue weighted by molar-refractivity contribution is 5.50. The third kappa shape index (κ3) is 2.59. The van der Waals surface area contributed by atoms with Crippen molar-refractivity contribution in [3.05, 3.63) is 29.1 Å². The zero-order valence-electron chi connectivity index (χ0n) is 10.7. The van der Waals surface area contributed by atoms with E-state index in [0.29, 0.717) is 25.3 Å². The van der Waals surface area contributed by atoms with Gasteiger partial charge in [0.2, 0.25) is 5.82 Å². The van der Waals surface area contributed by atoms with E-state index in [1.54, 1.807) is 0 Å². The first-order chi connectivity index (χ1) is 9.47. The van der Waals surface area contributed by atoms with Crippen LogP contribution in [0.3, 0.4) is 0 Å². The van der Waals surface area contributed by atoms with Crippen molar-refractivity contribution in [2.45, 2.75) is 19.3 Å². The highest BCUT2D eigenvalue weighted by Crippen LogP contribution is 2.33. The SMILES string of the molecule is NCCC1CCN(c2c(F)c(F)c(F)c(F)c2F)CC1. The Morgan fingerprint density at radius 1 is 0.850 bits per heavy atom. The summed E-state index contributed by atoms with van der Waals surface area (Å²) >= 11 is 0. The minimum Gasteiger partial charge on any atom is -0.367 e. The highest BCUT2D eigenvalue weighted by atomic mass is 19.2. The first-order valence-electron chi connectivity index (χ1n) is 6.43. The van der Waals surface area contributed by atoms with Crippen LogP contribution in [-0.4, -0.2) is 19.6 Å². The molecule has 0 radical (unpaired) electrons. The van der Waals surface area contributed by atoms with Crippen molar-refractivity contribution < 1.29 is 22.0 Å². The zero-order chi connectivity index (χ0) is 14.9. The van der Waals surface area contributed by atoms with Gasteiger partial charge in [-0.3, -0.25) is 0 Å². The number of rotatable bonds is 3. The summed E-state index contributed by atoms with van der Waals surface area (Å²) in [5, 5.41) is 0. The first-order valence-corrected chi connectivity index (χ1v) is 6.43. The number of benzene rings is 1. The van der Waals surface area contributed by atoms with E-state index in [1.807, 2.05) is 0 Å². The van der Waals surface area contributed by atoms with Gasteiger partial charge in [0.25, 0.3) is 0 Å². The Morgan fingerprint density at radius 2 is 1.30 bits per heavy atom. The van der Waals surface area contributed by atoms with Crippen LogP contribution in [0.4, 0.5) is 27.6 Å². The van der Waals surface area contributed by atoms with Gasteiger partial charge in [-0.15, -0.1) is 0 Å². The predicted molar refractivity (Wildman–Crippen MR) is 64.8 cm³/mol. The molecular weight excluding hydrogens is 279 g/mol. The summed E-state index contributed by atoms with van der Waals surface area (Å²) in [5.74, 6) is -9.12. The lowest BCUT2D eigenvalue weighted by Crippen LogP contribution is -2.36. The van der Waals surface area contributed by atoms with Crippen LogP contribution in [0.25, 0.3) is 0 Å². The number of nitrogens with two attached hydrogens (primary N) is 1. The maximum Gasteiger partial charge on any atom is 0.200 e. The molecule has 1 aromatic rings. The number of halogens is 5. The van der Waals surface area contributed by atoms with Gasteiger partial charge in [0.05, 0.1) is 0 Å². The van der Waals surface area contributed by atoms with E-state index in [9.17, 15) is 22.0 Å². The summed E-state index contributed by atoms with van der Waals surface area (Å²) in [5.41, 5.74) is 4.61. The molecule has 7 heteroatoms. The molecule has 1 aliphatic heterocycles. The van der Waals surface area contributed by atoms with Crippen LogP contribution < -0.4 is 10.6 Å². The molecule has 1 aliphatic rings. The van der Waals surface area contributed by atoms with Crippen molar-refractivity contribution in [3.8, 4) is 0 Å². The topological polar surface area (TPSA) is 29.3 Å². The van der Waals surface area contributed by atoms with E-state index in [-0.39, 0.29) is 13.1 Å². The van der Waals surface area contributed by atoms with Gasteiger partial charge in [0.15, 0.2) is 23.3 Å². The summed E-state index contributed by atoms with van der Waals surface area (Å²) in [4.78, 5) is 1.21. The lowest BCUT2D eigenvalue weighted by atomic mass is 9.93. The van der Waals surface area contributed by atoms with Gasteiger partial charge in [-0.2, -0.15) is 0 Å². The Labute approximate surface area is 113 Å². The quantitative estimate of drug-likeness (QED) is 0.527. The van der Waals surface area contributed by atoms with Crippen molar-refractivity contribution in [2.24, 2.45) is 11.7 Å². The Kier molecular flexibility index (Phi) is 4.47. The molecule has 20 heavy (non-hydrogen) atoms. The van der Waals surface area contributed by atoms with Crippen LogP contribution in [0, 0.1) is 35.0 Å². The summed E-state index contributed by atoms with van der Waals surface area (Å²) in [6, 6.07) is 0. The van der Waals surface area contributed by atoms with Crippen LogP contribution in [0.15, 0.2) is 0 Å². The van der Waals surface area contributed by atoms with Gasteiger partial charge < -0.3 is 10.6 Å². The van der Waals surface area contributed by atoms with Crippen LogP contribution in [-0.2, 0) is 0 Å². The Bertz CT molecular complexity index is 469. The molecule has 1 aromatic carbocycles. The maximum atomic E-state index is 13.6. The van der Waals surface area contributed by atoms with Crippen molar-refractivity contribution in [1.29, 1.82) is 0 Å². The van der Waals surface area contributed by atoms with E-state index in [2.05, 4.69) is 0 Å². The van der Waals surface area contributed by atoms with Gasteiger partial charge >= 0.3 is 0 Å². The van der Waals surface area contributed by atoms with E-state index in [1.165, 1.54) is 4.90 Å². The fourth-order valence-electron chi connectivity index (χ4n) is 2.55. The van der Waals surface area contributed by atoms with Gasteiger partial charge in [-0.1, -0.05) is 0 Å². The first kappa shape index (κ1) is 15.0. The van der Waals surface area contributed by atoms with Crippen molar-refractivity contribution in [1.82, 2.24) is 0 Å². The zero-order valence-corrected chi connectivity index (χ0v) is 10.7. The number of nitrogens with zero attached hydrogens (tertiary/aromatic N) is 1. The number of piperidine rings is 1. The van der Waals surface area contributed by atoms with E-state index in [4.69, 9.17) is 5.73 Å². The van der Waals surface area contributed by atoms with Gasteiger partial charge in [0.1, 0.15) is 5.69 Å². The Morgan fingerprint density at radius 3 is 1.75 bits per heavy atom. The third-order valence-corrected chi connectivity index (χ3v) is 3.69. The monoisotopic (exact) mass is 294 g/mol. The summed E-state index contributed by atoms with van der Waals surface area (Å²) < 4.78 is 66.6. The molecule has 0 aliphatic carbocycles. The second kappa shape index (κ2) is 5.95. The third-order valence-electron chi connectivity index (χ3n) is 3.69. The molecule has 112 valence electrons. The fourth-order valence-corrected chi connectivity index (χ4v) is 2.55. The Balaban J connectivity index is 2.26. The highest BCUT2D eigenvalue weighted by Gasteiger charge is 2.30. The number of hydrogen-bond acceptors (Lipinski definition) is 2. The molecule has 1 heterocycles. The molecule has 0 amide bonds. The summed E-state index contributed by atoms with van der Waals surface area (Å²) in [7, 11) is 0. The molecule has 0 saturated carbocycles. The van der Waals surface area contributed by atoms with Crippen molar-refractivity contribution in [3.63, 3.8) is 0 Å². The van der Waals surface area contributed by atoms with Crippen LogP contribution >= 0.6 is 0 Å². The number of hydrogen-bond donors (Lipinski definition) is 1. The molecule has 2 nitrogen and oxygen atoms in total. The van der Waals surface area contributed by atoms with Crippen LogP contribution in [0.1, 0.15) is 19.3 Å². The second-order valence-electron chi connectivity index (χ2n) is 4.93. The second-order valence-corrected chi connectivity index (χ2v) is 4.93. The lowest BCUT2D eigenvalue weighted by Gasteiger charge is -2.33. The van der Waals surface area contributed by atoms with E-state index < -0.39 is 34.8 Å². The standard InChI is InChI=1S/C13H15F5N2/c14-8-9(15)11(17)13(12(18)10(8)16)20-5-2-7(1-4-19)3-6-20/h7H,1-6,19H2. The minimum absolute atomic E-state index is 0.253. The smallest absolute Gasteiger partial charge is 0.200 e. The van der Waals surface area contributed by atoms with Gasteiger partial charge in [-0.25, -0.2) is 22.0 Å².